The standard InChI is InChI=1S/C15H15ClF3NO/c1-9-6-7-10(16)8-13(9)20-12-5-3-2-4-11(12)14(21)15(17,18)19/h6-8,20H,2-5H2,1H3. The van der Waals surface area contributed by atoms with Gasteiger partial charge in [0.05, 0.1) is 0 Å². The molecule has 1 aliphatic rings. The number of halogens is 4. The molecule has 2 rings (SSSR count). The minimum Gasteiger partial charge on any atom is -0.358 e. The molecule has 0 fully saturated rings. The Hall–Kier alpha value is -1.49. The zero-order valence-corrected chi connectivity index (χ0v) is 12.2. The Kier molecular flexibility index (Phi) is 4.61. The highest BCUT2D eigenvalue weighted by Crippen LogP contribution is 2.33. The number of anilines is 1. The van der Waals surface area contributed by atoms with E-state index in [-0.39, 0.29) is 12.0 Å². The van der Waals surface area contributed by atoms with E-state index in [1.807, 2.05) is 6.92 Å². The van der Waals surface area contributed by atoms with Crippen LogP contribution in [0, 0.1) is 6.92 Å². The molecule has 6 heteroatoms. The van der Waals surface area contributed by atoms with E-state index in [1.165, 1.54) is 0 Å². The number of carbonyl (C=O) groups is 1. The predicted molar refractivity (Wildman–Crippen MR) is 76.4 cm³/mol. The van der Waals surface area contributed by atoms with Crippen molar-refractivity contribution in [3.05, 3.63) is 40.1 Å². The van der Waals surface area contributed by atoms with Crippen LogP contribution >= 0.6 is 11.6 Å². The minimum absolute atomic E-state index is 0.153. The largest absolute Gasteiger partial charge is 0.454 e. The van der Waals surface area contributed by atoms with E-state index in [1.54, 1.807) is 18.2 Å². The van der Waals surface area contributed by atoms with Gasteiger partial charge in [-0.3, -0.25) is 4.79 Å². The van der Waals surface area contributed by atoms with Crippen LogP contribution in [0.15, 0.2) is 29.5 Å². The lowest BCUT2D eigenvalue weighted by atomic mass is 9.92. The molecule has 0 atom stereocenters. The number of benzene rings is 1. The van der Waals surface area contributed by atoms with E-state index in [0.717, 1.165) is 12.0 Å². The third kappa shape index (κ3) is 3.79. The van der Waals surface area contributed by atoms with Gasteiger partial charge in [-0.2, -0.15) is 13.2 Å². The molecule has 0 aromatic heterocycles. The average Bonchev–Trinajstić information content (AvgIpc) is 2.42. The summed E-state index contributed by atoms with van der Waals surface area (Å²) in [6, 6.07) is 5.13. The number of hydrogen-bond acceptors (Lipinski definition) is 2. The number of rotatable bonds is 3. The van der Waals surface area contributed by atoms with E-state index in [2.05, 4.69) is 5.32 Å². The summed E-state index contributed by atoms with van der Waals surface area (Å²) in [6.07, 6.45) is -2.89. The topological polar surface area (TPSA) is 29.1 Å². The van der Waals surface area contributed by atoms with Gasteiger partial charge in [-0.15, -0.1) is 0 Å². The molecule has 0 spiro atoms. The van der Waals surface area contributed by atoms with Gasteiger partial charge >= 0.3 is 6.18 Å². The van der Waals surface area contributed by atoms with Crippen LogP contribution in [0.25, 0.3) is 0 Å². The first-order chi connectivity index (χ1) is 9.79. The maximum absolute atomic E-state index is 12.7. The van der Waals surface area contributed by atoms with Gasteiger partial charge in [0.2, 0.25) is 0 Å². The molecule has 21 heavy (non-hydrogen) atoms. The highest BCUT2D eigenvalue weighted by Gasteiger charge is 2.42. The molecule has 1 aromatic carbocycles. The van der Waals surface area contributed by atoms with Crippen LogP contribution in [0.4, 0.5) is 18.9 Å². The van der Waals surface area contributed by atoms with Gasteiger partial charge in [0.15, 0.2) is 0 Å². The maximum atomic E-state index is 12.7. The van der Waals surface area contributed by atoms with Gasteiger partial charge in [0, 0.05) is 22.0 Å². The molecule has 0 aliphatic heterocycles. The second kappa shape index (κ2) is 6.10. The van der Waals surface area contributed by atoms with E-state index in [9.17, 15) is 18.0 Å². The predicted octanol–water partition coefficient (Wildman–Crippen LogP) is 5.02. The Morgan fingerprint density at radius 2 is 1.90 bits per heavy atom. The van der Waals surface area contributed by atoms with Crippen molar-refractivity contribution in [3.63, 3.8) is 0 Å². The van der Waals surface area contributed by atoms with Gasteiger partial charge in [0.25, 0.3) is 5.78 Å². The molecule has 0 bridgehead atoms. The van der Waals surface area contributed by atoms with Gasteiger partial charge in [-0.05, 0) is 50.3 Å². The monoisotopic (exact) mass is 317 g/mol. The smallest absolute Gasteiger partial charge is 0.358 e. The number of Topliss-reactive ketones (excluding diaryl/α,β-unsaturated/α-hetero) is 1. The van der Waals surface area contributed by atoms with Crippen molar-refractivity contribution in [2.75, 3.05) is 5.32 Å². The number of nitrogens with one attached hydrogen (secondary N) is 1. The molecule has 0 unspecified atom stereocenters. The fraction of sp³-hybridized carbons (Fsp3) is 0.400. The molecule has 0 saturated carbocycles. The summed E-state index contributed by atoms with van der Waals surface area (Å²) >= 11 is 5.90. The Morgan fingerprint density at radius 1 is 1.24 bits per heavy atom. The highest BCUT2D eigenvalue weighted by atomic mass is 35.5. The summed E-state index contributed by atoms with van der Waals surface area (Å²) < 4.78 is 38.0. The average molecular weight is 318 g/mol. The van der Waals surface area contributed by atoms with Crippen molar-refractivity contribution in [3.8, 4) is 0 Å². The molecule has 0 amide bonds. The number of ketones is 1. The first kappa shape index (κ1) is 15.9. The number of alkyl halides is 3. The van der Waals surface area contributed by atoms with Crippen molar-refractivity contribution >= 4 is 23.1 Å². The molecular formula is C15H15ClF3NO. The van der Waals surface area contributed by atoms with Crippen LogP contribution in [-0.4, -0.2) is 12.0 Å². The fourth-order valence-electron chi connectivity index (χ4n) is 2.36. The summed E-state index contributed by atoms with van der Waals surface area (Å²) in [5.74, 6) is -1.75. The van der Waals surface area contributed by atoms with Gasteiger partial charge in [-0.25, -0.2) is 0 Å². The van der Waals surface area contributed by atoms with E-state index in [4.69, 9.17) is 11.6 Å². The van der Waals surface area contributed by atoms with Crippen molar-refractivity contribution < 1.29 is 18.0 Å². The molecule has 0 heterocycles. The number of hydrogen-bond donors (Lipinski definition) is 1. The summed E-state index contributed by atoms with van der Waals surface area (Å²) in [6.45, 7) is 1.83. The Labute approximate surface area is 126 Å². The van der Waals surface area contributed by atoms with Crippen molar-refractivity contribution in [2.24, 2.45) is 0 Å². The van der Waals surface area contributed by atoms with Crippen molar-refractivity contribution in [1.29, 1.82) is 0 Å². The zero-order chi connectivity index (χ0) is 15.6. The van der Waals surface area contributed by atoms with Gasteiger partial charge < -0.3 is 5.32 Å². The molecule has 2 nitrogen and oxygen atoms in total. The molecule has 1 aliphatic carbocycles. The lowest BCUT2D eigenvalue weighted by Crippen LogP contribution is -2.28. The zero-order valence-electron chi connectivity index (χ0n) is 11.5. The third-order valence-electron chi connectivity index (χ3n) is 3.48. The molecule has 1 aromatic rings. The van der Waals surface area contributed by atoms with Crippen LogP contribution < -0.4 is 5.32 Å². The summed E-state index contributed by atoms with van der Waals surface area (Å²) in [4.78, 5) is 11.5. The molecular weight excluding hydrogens is 303 g/mol. The maximum Gasteiger partial charge on any atom is 0.454 e. The molecule has 0 radical (unpaired) electrons. The molecule has 1 N–H and O–H groups in total. The minimum atomic E-state index is -4.83. The summed E-state index contributed by atoms with van der Waals surface area (Å²) in [7, 11) is 0. The normalized spacial score (nSPS) is 16.0. The van der Waals surface area contributed by atoms with E-state index in [0.29, 0.717) is 29.2 Å². The first-order valence-corrected chi connectivity index (χ1v) is 7.03. The Balaban J connectivity index is 2.36. The lowest BCUT2D eigenvalue weighted by molar-refractivity contribution is -0.166. The second-order valence-electron chi connectivity index (χ2n) is 5.08. The van der Waals surface area contributed by atoms with Crippen LogP contribution in [-0.2, 0) is 4.79 Å². The quantitative estimate of drug-likeness (QED) is 0.848. The number of aryl methyl sites for hydroxylation is 1. The van der Waals surface area contributed by atoms with Crippen molar-refractivity contribution in [2.45, 2.75) is 38.8 Å². The van der Waals surface area contributed by atoms with E-state index >= 15 is 0 Å². The first-order valence-electron chi connectivity index (χ1n) is 6.66. The van der Waals surface area contributed by atoms with Crippen LogP contribution in [0.3, 0.4) is 0 Å². The summed E-state index contributed by atoms with van der Waals surface area (Å²) in [5.41, 5.74) is 1.69. The van der Waals surface area contributed by atoms with Crippen molar-refractivity contribution in [1.82, 2.24) is 0 Å². The molecule has 114 valence electrons. The second-order valence-corrected chi connectivity index (χ2v) is 5.51. The lowest BCUT2D eigenvalue weighted by Gasteiger charge is -2.22. The van der Waals surface area contributed by atoms with Gasteiger partial charge in [0.1, 0.15) is 0 Å². The van der Waals surface area contributed by atoms with Gasteiger partial charge in [-0.1, -0.05) is 17.7 Å². The van der Waals surface area contributed by atoms with Crippen LogP contribution in [0.1, 0.15) is 31.2 Å². The molecule has 0 saturated heterocycles. The Bertz CT molecular complexity index is 593. The number of carbonyl (C=O) groups excluding carboxylic acids is 1. The third-order valence-corrected chi connectivity index (χ3v) is 3.72. The summed E-state index contributed by atoms with van der Waals surface area (Å²) in [5, 5.41) is 3.46. The van der Waals surface area contributed by atoms with Crippen LogP contribution in [0.5, 0.6) is 0 Å². The van der Waals surface area contributed by atoms with E-state index < -0.39 is 12.0 Å². The fourth-order valence-corrected chi connectivity index (χ4v) is 2.53. The van der Waals surface area contributed by atoms with Crippen LogP contribution in [0.2, 0.25) is 5.02 Å². The SMILES string of the molecule is Cc1ccc(Cl)cc1NC1=C(C(=O)C(F)(F)F)CCCC1. The Morgan fingerprint density at radius 3 is 2.57 bits per heavy atom. The highest BCUT2D eigenvalue weighted by molar-refractivity contribution is 6.30. The number of allylic oxidation sites excluding steroid dienone is 2.